The third kappa shape index (κ3) is 4.57. The molecule has 3 nitrogen and oxygen atoms in total. The first-order valence-electron chi connectivity index (χ1n) is 5.97. The highest BCUT2D eigenvalue weighted by Gasteiger charge is 2.21. The fraction of sp³-hybridized carbons (Fsp3) is 0.500. The minimum atomic E-state index is -0.250. The van der Waals surface area contributed by atoms with Gasteiger partial charge in [-0.05, 0) is 37.2 Å². The van der Waals surface area contributed by atoms with Gasteiger partial charge in [-0.3, -0.25) is 4.79 Å². The summed E-state index contributed by atoms with van der Waals surface area (Å²) in [5.74, 6) is 0.766. The molecule has 94 valence electrons. The molecule has 3 heteroatoms. The van der Waals surface area contributed by atoms with Crippen LogP contribution in [0.3, 0.4) is 0 Å². The maximum absolute atomic E-state index is 8.36. The summed E-state index contributed by atoms with van der Waals surface area (Å²) < 4.78 is 5.38. The van der Waals surface area contributed by atoms with Gasteiger partial charge in [0.05, 0.1) is 6.10 Å². The van der Waals surface area contributed by atoms with Crippen LogP contribution in [0.4, 0.5) is 0 Å². The van der Waals surface area contributed by atoms with Gasteiger partial charge in [0.2, 0.25) is 0 Å². The second-order valence-electron chi connectivity index (χ2n) is 4.23. The zero-order valence-electron chi connectivity index (χ0n) is 10.2. The van der Waals surface area contributed by atoms with E-state index in [-0.39, 0.29) is 6.47 Å². The van der Waals surface area contributed by atoms with E-state index in [1.165, 1.54) is 31.2 Å². The molecule has 0 bridgehead atoms. The van der Waals surface area contributed by atoms with Crippen LogP contribution in [-0.2, 0) is 9.53 Å². The van der Waals surface area contributed by atoms with Crippen LogP contribution in [-0.4, -0.2) is 24.8 Å². The van der Waals surface area contributed by atoms with E-state index in [9.17, 15) is 0 Å². The third-order valence-corrected chi connectivity index (χ3v) is 3.28. The lowest BCUT2D eigenvalue weighted by Crippen LogP contribution is -2.19. The van der Waals surface area contributed by atoms with Crippen molar-refractivity contribution in [3.63, 3.8) is 0 Å². The molecular weight excluding hydrogens is 216 g/mol. The third-order valence-electron chi connectivity index (χ3n) is 3.28. The quantitative estimate of drug-likeness (QED) is 0.803. The highest BCUT2D eigenvalue weighted by Crippen LogP contribution is 2.33. The van der Waals surface area contributed by atoms with Gasteiger partial charge < -0.3 is 9.84 Å². The number of hydrogen-bond acceptors (Lipinski definition) is 2. The van der Waals surface area contributed by atoms with Crippen molar-refractivity contribution in [2.75, 3.05) is 7.11 Å². The average molecular weight is 236 g/mol. The van der Waals surface area contributed by atoms with Crippen LogP contribution in [0.25, 0.3) is 0 Å². The Balaban J connectivity index is 0.000000437. The maximum atomic E-state index is 8.36. The second kappa shape index (κ2) is 7.85. The Morgan fingerprint density at radius 1 is 1.18 bits per heavy atom. The maximum Gasteiger partial charge on any atom is 0.290 e. The lowest BCUT2D eigenvalue weighted by molar-refractivity contribution is -0.122. The Bertz CT molecular complexity index is 303. The van der Waals surface area contributed by atoms with Gasteiger partial charge in [0.1, 0.15) is 0 Å². The molecule has 1 aliphatic carbocycles. The van der Waals surface area contributed by atoms with Crippen LogP contribution in [0, 0.1) is 0 Å². The van der Waals surface area contributed by atoms with Crippen LogP contribution in [0.5, 0.6) is 0 Å². The van der Waals surface area contributed by atoms with E-state index in [2.05, 4.69) is 30.3 Å². The molecule has 0 amide bonds. The molecule has 1 N–H and O–H groups in total. The van der Waals surface area contributed by atoms with E-state index in [4.69, 9.17) is 14.6 Å². The van der Waals surface area contributed by atoms with Crippen molar-refractivity contribution in [1.82, 2.24) is 0 Å². The predicted octanol–water partition coefficient (Wildman–Crippen LogP) is 3.06. The molecular formula is C14H20O3. The number of rotatable bonds is 2. The molecule has 0 unspecified atom stereocenters. The van der Waals surface area contributed by atoms with Crippen molar-refractivity contribution in [3.05, 3.63) is 35.9 Å². The molecule has 0 spiro atoms. The van der Waals surface area contributed by atoms with Crippen LogP contribution in [0.2, 0.25) is 0 Å². The molecule has 0 radical (unpaired) electrons. The highest BCUT2D eigenvalue weighted by atomic mass is 16.5. The number of carboxylic acid groups (broad SMARTS) is 1. The van der Waals surface area contributed by atoms with Gasteiger partial charge >= 0.3 is 0 Å². The molecule has 2 rings (SSSR count). The van der Waals surface area contributed by atoms with E-state index in [0.29, 0.717) is 6.10 Å². The van der Waals surface area contributed by atoms with E-state index < -0.39 is 0 Å². The minimum absolute atomic E-state index is 0.250. The van der Waals surface area contributed by atoms with E-state index in [1.54, 1.807) is 0 Å². The van der Waals surface area contributed by atoms with Crippen molar-refractivity contribution >= 4 is 6.47 Å². The normalized spacial score (nSPS) is 23.4. The number of benzene rings is 1. The van der Waals surface area contributed by atoms with Crippen LogP contribution in [0.1, 0.15) is 37.2 Å². The van der Waals surface area contributed by atoms with Gasteiger partial charge in [0.15, 0.2) is 0 Å². The monoisotopic (exact) mass is 236 g/mol. The lowest BCUT2D eigenvalue weighted by atomic mass is 9.83. The number of ether oxygens (including phenoxy) is 1. The molecule has 1 aromatic rings. The van der Waals surface area contributed by atoms with E-state index in [1.807, 2.05) is 7.11 Å². The van der Waals surface area contributed by atoms with E-state index in [0.717, 1.165) is 5.92 Å². The molecule has 0 aliphatic heterocycles. The first-order chi connectivity index (χ1) is 8.31. The lowest BCUT2D eigenvalue weighted by Gasteiger charge is -2.27. The topological polar surface area (TPSA) is 46.5 Å². The Hall–Kier alpha value is -1.35. The van der Waals surface area contributed by atoms with Crippen molar-refractivity contribution in [3.8, 4) is 0 Å². The minimum Gasteiger partial charge on any atom is -0.483 e. The average Bonchev–Trinajstić information content (AvgIpc) is 2.41. The summed E-state index contributed by atoms with van der Waals surface area (Å²) in [7, 11) is 1.83. The summed E-state index contributed by atoms with van der Waals surface area (Å²) in [6.45, 7) is -0.250. The standard InChI is InChI=1S/C13H18O.CH2O2/c1-14-13-9-7-12(8-10-13)11-5-3-2-4-6-11;2-1-3/h2-6,12-13H,7-10H2,1H3;1H,(H,2,3). The molecule has 0 heterocycles. The molecule has 1 aliphatic rings. The molecule has 0 atom stereocenters. The van der Waals surface area contributed by atoms with Crippen molar-refractivity contribution < 1.29 is 14.6 Å². The molecule has 0 saturated heterocycles. The van der Waals surface area contributed by atoms with E-state index >= 15 is 0 Å². The van der Waals surface area contributed by atoms with Crippen LogP contribution < -0.4 is 0 Å². The molecule has 1 saturated carbocycles. The summed E-state index contributed by atoms with van der Waals surface area (Å²) in [5.41, 5.74) is 1.50. The first-order valence-corrected chi connectivity index (χ1v) is 5.97. The smallest absolute Gasteiger partial charge is 0.290 e. The largest absolute Gasteiger partial charge is 0.483 e. The molecule has 0 aromatic heterocycles. The van der Waals surface area contributed by atoms with Crippen LogP contribution in [0.15, 0.2) is 30.3 Å². The SMILES string of the molecule is COC1CCC(c2ccccc2)CC1.O=CO. The first kappa shape index (κ1) is 13.7. The summed E-state index contributed by atoms with van der Waals surface area (Å²) in [5, 5.41) is 6.89. The fourth-order valence-electron chi connectivity index (χ4n) is 2.36. The fourth-order valence-corrected chi connectivity index (χ4v) is 2.36. The summed E-state index contributed by atoms with van der Waals surface area (Å²) >= 11 is 0. The zero-order valence-corrected chi connectivity index (χ0v) is 10.2. The van der Waals surface area contributed by atoms with Gasteiger partial charge in [0.25, 0.3) is 6.47 Å². The Morgan fingerprint density at radius 2 is 1.71 bits per heavy atom. The molecule has 1 aromatic carbocycles. The van der Waals surface area contributed by atoms with Gasteiger partial charge in [-0.1, -0.05) is 30.3 Å². The van der Waals surface area contributed by atoms with Gasteiger partial charge in [0, 0.05) is 7.11 Å². The van der Waals surface area contributed by atoms with Crippen LogP contribution >= 0.6 is 0 Å². The van der Waals surface area contributed by atoms with Gasteiger partial charge in [-0.15, -0.1) is 0 Å². The number of methoxy groups -OCH3 is 1. The molecule has 1 fully saturated rings. The van der Waals surface area contributed by atoms with Gasteiger partial charge in [-0.25, -0.2) is 0 Å². The summed E-state index contributed by atoms with van der Waals surface area (Å²) in [6.07, 6.45) is 5.51. The second-order valence-corrected chi connectivity index (χ2v) is 4.23. The Kier molecular flexibility index (Phi) is 6.33. The summed E-state index contributed by atoms with van der Waals surface area (Å²) in [6, 6.07) is 10.9. The van der Waals surface area contributed by atoms with Crippen molar-refractivity contribution in [2.24, 2.45) is 0 Å². The zero-order chi connectivity index (χ0) is 12.5. The Labute approximate surface area is 102 Å². The van der Waals surface area contributed by atoms with Gasteiger partial charge in [-0.2, -0.15) is 0 Å². The summed E-state index contributed by atoms with van der Waals surface area (Å²) in [4.78, 5) is 8.36. The van der Waals surface area contributed by atoms with Crippen molar-refractivity contribution in [1.29, 1.82) is 0 Å². The predicted molar refractivity (Wildman–Crippen MR) is 67.1 cm³/mol. The Morgan fingerprint density at radius 3 is 2.18 bits per heavy atom. The highest BCUT2D eigenvalue weighted by molar-refractivity contribution is 5.32. The number of carbonyl (C=O) groups is 1. The van der Waals surface area contributed by atoms with Crippen molar-refractivity contribution in [2.45, 2.75) is 37.7 Å². The number of hydrogen-bond donors (Lipinski definition) is 1. The molecule has 17 heavy (non-hydrogen) atoms.